The number of rotatable bonds is 2. The summed E-state index contributed by atoms with van der Waals surface area (Å²) in [5, 5.41) is 0.685. The second-order valence-corrected chi connectivity index (χ2v) is 5.60. The van der Waals surface area contributed by atoms with Crippen LogP contribution in [0, 0.1) is 5.92 Å². The third-order valence-corrected chi connectivity index (χ3v) is 3.87. The molecular weight excluding hydrogens is 238 g/mol. The summed E-state index contributed by atoms with van der Waals surface area (Å²) in [5.41, 5.74) is 1.90. The first-order valence-electron chi connectivity index (χ1n) is 6.95. The smallest absolute Gasteiger partial charge is 0.192 e. The summed E-state index contributed by atoms with van der Waals surface area (Å²) in [5.74, 6) is 0.777. The largest absolute Gasteiger partial charge is 0.464 e. The van der Waals surface area contributed by atoms with Gasteiger partial charge in [-0.3, -0.25) is 9.69 Å². The predicted molar refractivity (Wildman–Crippen MR) is 76.2 cm³/mol. The molecule has 0 bridgehead atoms. The second-order valence-electron chi connectivity index (χ2n) is 5.60. The van der Waals surface area contributed by atoms with E-state index in [1.807, 2.05) is 12.1 Å². The fourth-order valence-electron chi connectivity index (χ4n) is 2.92. The van der Waals surface area contributed by atoms with E-state index >= 15 is 0 Å². The van der Waals surface area contributed by atoms with E-state index in [9.17, 15) is 4.79 Å². The van der Waals surface area contributed by atoms with Gasteiger partial charge in [-0.25, -0.2) is 0 Å². The molecule has 3 heteroatoms. The SMILES string of the molecule is C[C@H]1CCCN(Cc2ccc3occc(=O)c3c2)C1. The molecule has 0 amide bonds. The molecule has 19 heavy (non-hydrogen) atoms. The molecule has 0 N–H and O–H groups in total. The molecule has 1 aliphatic heterocycles. The highest BCUT2D eigenvalue weighted by molar-refractivity contribution is 5.76. The first kappa shape index (κ1) is 12.4. The average molecular weight is 257 g/mol. The zero-order valence-corrected chi connectivity index (χ0v) is 11.3. The van der Waals surface area contributed by atoms with Gasteiger partial charge in [0.2, 0.25) is 0 Å². The van der Waals surface area contributed by atoms with E-state index in [4.69, 9.17) is 4.42 Å². The number of benzene rings is 1. The number of hydrogen-bond donors (Lipinski definition) is 0. The van der Waals surface area contributed by atoms with Crippen LogP contribution in [0.15, 0.2) is 39.7 Å². The lowest BCUT2D eigenvalue weighted by molar-refractivity contribution is 0.176. The summed E-state index contributed by atoms with van der Waals surface area (Å²) >= 11 is 0. The van der Waals surface area contributed by atoms with Crippen LogP contribution in [-0.2, 0) is 6.54 Å². The molecule has 1 atom stereocenters. The highest BCUT2D eigenvalue weighted by atomic mass is 16.3. The molecule has 1 fully saturated rings. The lowest BCUT2D eigenvalue weighted by atomic mass is 9.99. The minimum atomic E-state index is 0.0371. The quantitative estimate of drug-likeness (QED) is 0.829. The maximum atomic E-state index is 11.8. The summed E-state index contributed by atoms with van der Waals surface area (Å²) in [6, 6.07) is 7.42. The van der Waals surface area contributed by atoms with Gasteiger partial charge >= 0.3 is 0 Å². The lowest BCUT2D eigenvalue weighted by Crippen LogP contribution is -2.33. The van der Waals surface area contributed by atoms with E-state index in [-0.39, 0.29) is 5.43 Å². The van der Waals surface area contributed by atoms with Gasteiger partial charge in [0.05, 0.1) is 11.6 Å². The molecule has 0 spiro atoms. The van der Waals surface area contributed by atoms with Gasteiger partial charge in [-0.05, 0) is 43.0 Å². The van der Waals surface area contributed by atoms with E-state index < -0.39 is 0 Å². The number of likely N-dealkylation sites (tertiary alicyclic amines) is 1. The third-order valence-electron chi connectivity index (χ3n) is 3.87. The van der Waals surface area contributed by atoms with Crippen LogP contribution in [-0.4, -0.2) is 18.0 Å². The second kappa shape index (κ2) is 5.17. The zero-order chi connectivity index (χ0) is 13.2. The Morgan fingerprint density at radius 3 is 3.11 bits per heavy atom. The van der Waals surface area contributed by atoms with Crippen LogP contribution in [0.25, 0.3) is 11.0 Å². The highest BCUT2D eigenvalue weighted by Gasteiger charge is 2.16. The summed E-state index contributed by atoms with van der Waals surface area (Å²) in [6.07, 6.45) is 4.06. The average Bonchev–Trinajstić information content (AvgIpc) is 2.40. The van der Waals surface area contributed by atoms with Gasteiger partial charge in [0.15, 0.2) is 5.43 Å². The molecular formula is C16H19NO2. The summed E-state index contributed by atoms with van der Waals surface area (Å²) in [4.78, 5) is 14.3. The molecule has 0 radical (unpaired) electrons. The maximum Gasteiger partial charge on any atom is 0.192 e. The van der Waals surface area contributed by atoms with E-state index in [0.29, 0.717) is 11.0 Å². The molecule has 0 unspecified atom stereocenters. The van der Waals surface area contributed by atoms with Crippen LogP contribution in [0.5, 0.6) is 0 Å². The highest BCUT2D eigenvalue weighted by Crippen LogP contribution is 2.19. The Kier molecular flexibility index (Phi) is 3.38. The molecule has 3 nitrogen and oxygen atoms in total. The first-order chi connectivity index (χ1) is 9.22. The molecule has 1 saturated heterocycles. The Hall–Kier alpha value is -1.61. The third kappa shape index (κ3) is 2.71. The van der Waals surface area contributed by atoms with Gasteiger partial charge in [0.1, 0.15) is 5.58 Å². The minimum absolute atomic E-state index is 0.0371. The standard InChI is InChI=1S/C16H19NO2/c1-12-3-2-7-17(10-12)11-13-4-5-16-14(9-13)15(18)6-8-19-16/h4-6,8-9,12H,2-3,7,10-11H2,1H3/t12-/m0/s1. The van der Waals surface area contributed by atoms with Crippen molar-refractivity contribution in [3.05, 3.63) is 46.3 Å². The lowest BCUT2D eigenvalue weighted by Gasteiger charge is -2.30. The van der Waals surface area contributed by atoms with E-state index in [0.717, 1.165) is 25.6 Å². The van der Waals surface area contributed by atoms with Gasteiger partial charge in [0, 0.05) is 19.2 Å². The molecule has 0 aliphatic carbocycles. The number of nitrogens with zero attached hydrogens (tertiary/aromatic N) is 1. The van der Waals surface area contributed by atoms with Gasteiger partial charge in [-0.2, -0.15) is 0 Å². The molecule has 2 aromatic rings. The van der Waals surface area contributed by atoms with Crippen molar-refractivity contribution in [1.29, 1.82) is 0 Å². The van der Waals surface area contributed by atoms with Crippen LogP contribution in [0.2, 0.25) is 0 Å². The molecule has 1 aliphatic rings. The Bertz CT molecular complexity index is 632. The van der Waals surface area contributed by atoms with E-state index in [1.54, 1.807) is 0 Å². The van der Waals surface area contributed by atoms with Crippen LogP contribution in [0.4, 0.5) is 0 Å². The van der Waals surface area contributed by atoms with Gasteiger partial charge in [-0.1, -0.05) is 13.0 Å². The first-order valence-corrected chi connectivity index (χ1v) is 6.95. The van der Waals surface area contributed by atoms with Crippen LogP contribution < -0.4 is 5.43 Å². The summed E-state index contributed by atoms with van der Waals surface area (Å²) < 4.78 is 5.34. The Labute approximate surface area is 112 Å². The molecule has 1 aromatic heterocycles. The monoisotopic (exact) mass is 257 g/mol. The van der Waals surface area contributed by atoms with Crippen LogP contribution >= 0.6 is 0 Å². The van der Waals surface area contributed by atoms with Gasteiger partial charge < -0.3 is 4.42 Å². The Morgan fingerprint density at radius 1 is 1.37 bits per heavy atom. The van der Waals surface area contributed by atoms with Crippen molar-refractivity contribution in [2.24, 2.45) is 5.92 Å². The summed E-state index contributed by atoms with van der Waals surface area (Å²) in [6.45, 7) is 5.54. The van der Waals surface area contributed by atoms with Crippen molar-refractivity contribution in [2.75, 3.05) is 13.1 Å². The zero-order valence-electron chi connectivity index (χ0n) is 11.3. The van der Waals surface area contributed by atoms with Gasteiger partial charge in [-0.15, -0.1) is 0 Å². The summed E-state index contributed by atoms with van der Waals surface area (Å²) in [7, 11) is 0. The number of fused-ring (bicyclic) bond motifs is 1. The normalized spacial score (nSPS) is 20.8. The Balaban J connectivity index is 1.85. The predicted octanol–water partition coefficient (Wildman–Crippen LogP) is 3.02. The van der Waals surface area contributed by atoms with E-state index in [1.165, 1.54) is 30.7 Å². The van der Waals surface area contributed by atoms with Crippen LogP contribution in [0.3, 0.4) is 0 Å². The molecule has 2 heterocycles. The van der Waals surface area contributed by atoms with Crippen molar-refractivity contribution in [3.8, 4) is 0 Å². The van der Waals surface area contributed by atoms with Gasteiger partial charge in [0.25, 0.3) is 0 Å². The van der Waals surface area contributed by atoms with Crippen molar-refractivity contribution in [1.82, 2.24) is 4.90 Å². The number of hydrogen-bond acceptors (Lipinski definition) is 3. The topological polar surface area (TPSA) is 33.5 Å². The minimum Gasteiger partial charge on any atom is -0.464 e. The van der Waals surface area contributed by atoms with Crippen molar-refractivity contribution in [3.63, 3.8) is 0 Å². The fraction of sp³-hybridized carbons (Fsp3) is 0.438. The molecule has 1 aromatic carbocycles. The molecule has 100 valence electrons. The van der Waals surface area contributed by atoms with Crippen molar-refractivity contribution < 1.29 is 4.42 Å². The van der Waals surface area contributed by atoms with Crippen molar-refractivity contribution in [2.45, 2.75) is 26.3 Å². The van der Waals surface area contributed by atoms with Crippen LogP contribution in [0.1, 0.15) is 25.3 Å². The van der Waals surface area contributed by atoms with Crippen molar-refractivity contribution >= 4 is 11.0 Å². The molecule has 3 rings (SSSR count). The Morgan fingerprint density at radius 2 is 2.26 bits per heavy atom. The maximum absolute atomic E-state index is 11.8. The molecule has 0 saturated carbocycles. The van der Waals surface area contributed by atoms with E-state index in [2.05, 4.69) is 17.9 Å². The fourth-order valence-corrected chi connectivity index (χ4v) is 2.92. The number of piperidine rings is 1.